The number of thioether (sulfide) groups is 1. The van der Waals surface area contributed by atoms with Crippen LogP contribution in [0.1, 0.15) is 13.3 Å². The number of nitrogen functional groups attached to an aromatic ring is 1. The van der Waals surface area contributed by atoms with Gasteiger partial charge < -0.3 is 5.73 Å². The highest BCUT2D eigenvalue weighted by Gasteiger charge is 2.27. The number of anilines is 1. The number of nitrogens with two attached hydrogens (primary N) is 1. The van der Waals surface area contributed by atoms with Crippen LogP contribution in [0.15, 0.2) is 23.1 Å². The molecule has 0 aliphatic heterocycles. The van der Waals surface area contributed by atoms with Crippen LogP contribution in [0.3, 0.4) is 0 Å². The largest absolute Gasteiger partial charge is 0.398 e. The van der Waals surface area contributed by atoms with E-state index in [-0.39, 0.29) is 16.6 Å². The monoisotopic (exact) mass is 306 g/mol. The molecule has 1 unspecified atom stereocenters. The average molecular weight is 306 g/mol. The molecule has 0 spiro atoms. The van der Waals surface area contributed by atoms with Crippen LogP contribution < -0.4 is 5.73 Å². The lowest BCUT2D eigenvalue weighted by molar-refractivity contribution is 0.382. The highest BCUT2D eigenvalue weighted by Crippen LogP contribution is 2.24. The summed E-state index contributed by atoms with van der Waals surface area (Å²) in [5.74, 6) is 0.248. The van der Waals surface area contributed by atoms with Crippen molar-refractivity contribution in [2.24, 2.45) is 0 Å². The Morgan fingerprint density at radius 3 is 2.68 bits per heavy atom. The van der Waals surface area contributed by atoms with E-state index in [1.165, 1.54) is 17.4 Å². The molecule has 0 saturated heterocycles. The molecule has 0 aliphatic rings. The summed E-state index contributed by atoms with van der Waals surface area (Å²) in [5, 5.41) is 0. The van der Waals surface area contributed by atoms with Crippen molar-refractivity contribution in [1.82, 2.24) is 4.31 Å². The number of benzene rings is 1. The SMILES string of the molecule is CSCCC(C)N(C)S(=O)(=O)c1cc(F)ccc1N. The van der Waals surface area contributed by atoms with E-state index < -0.39 is 15.8 Å². The molecule has 0 fully saturated rings. The second-order valence-corrected chi connectivity index (χ2v) is 7.29. The van der Waals surface area contributed by atoms with Gasteiger partial charge in [0.25, 0.3) is 0 Å². The zero-order valence-corrected chi connectivity index (χ0v) is 12.9. The number of rotatable bonds is 6. The van der Waals surface area contributed by atoms with E-state index in [0.29, 0.717) is 0 Å². The first-order valence-corrected chi connectivity index (χ1v) is 8.66. The van der Waals surface area contributed by atoms with Crippen LogP contribution >= 0.6 is 11.8 Å². The van der Waals surface area contributed by atoms with Crippen molar-refractivity contribution in [2.45, 2.75) is 24.3 Å². The molecule has 1 aromatic rings. The van der Waals surface area contributed by atoms with E-state index in [1.54, 1.807) is 11.8 Å². The Hall–Kier alpha value is -0.790. The third kappa shape index (κ3) is 3.84. The fourth-order valence-electron chi connectivity index (χ4n) is 1.59. The number of hydrogen-bond donors (Lipinski definition) is 1. The normalized spacial score (nSPS) is 13.7. The fourth-order valence-corrected chi connectivity index (χ4v) is 3.69. The van der Waals surface area contributed by atoms with Crippen molar-refractivity contribution < 1.29 is 12.8 Å². The van der Waals surface area contributed by atoms with Gasteiger partial charge in [0.15, 0.2) is 0 Å². The molecular formula is C12H19FN2O2S2. The maximum absolute atomic E-state index is 13.2. The predicted molar refractivity (Wildman–Crippen MR) is 78.2 cm³/mol. The van der Waals surface area contributed by atoms with Gasteiger partial charge in [-0.15, -0.1) is 0 Å². The lowest BCUT2D eigenvalue weighted by Gasteiger charge is -2.24. The number of hydrogen-bond acceptors (Lipinski definition) is 4. The first-order valence-electron chi connectivity index (χ1n) is 5.82. The summed E-state index contributed by atoms with van der Waals surface area (Å²) in [7, 11) is -2.27. The van der Waals surface area contributed by atoms with Gasteiger partial charge in [-0.05, 0) is 43.6 Å². The molecule has 0 heterocycles. The van der Waals surface area contributed by atoms with Gasteiger partial charge >= 0.3 is 0 Å². The molecule has 7 heteroatoms. The maximum atomic E-state index is 13.2. The van der Waals surface area contributed by atoms with Crippen LogP contribution in [0.4, 0.5) is 10.1 Å². The highest BCUT2D eigenvalue weighted by molar-refractivity contribution is 7.98. The molecular weight excluding hydrogens is 287 g/mol. The molecule has 2 N–H and O–H groups in total. The van der Waals surface area contributed by atoms with Crippen LogP contribution in [0, 0.1) is 5.82 Å². The Kier molecular flexibility index (Phi) is 5.64. The van der Waals surface area contributed by atoms with E-state index in [9.17, 15) is 12.8 Å². The Morgan fingerprint density at radius 2 is 2.11 bits per heavy atom. The van der Waals surface area contributed by atoms with Gasteiger partial charge in [0.05, 0.1) is 5.69 Å². The third-order valence-electron chi connectivity index (χ3n) is 2.99. The van der Waals surface area contributed by atoms with Crippen molar-refractivity contribution in [3.05, 3.63) is 24.0 Å². The van der Waals surface area contributed by atoms with Gasteiger partial charge in [0, 0.05) is 13.1 Å². The molecule has 1 rings (SSSR count). The van der Waals surface area contributed by atoms with Crippen LogP contribution in [0.25, 0.3) is 0 Å². The minimum absolute atomic E-state index is 0.0605. The molecule has 19 heavy (non-hydrogen) atoms. The van der Waals surface area contributed by atoms with E-state index >= 15 is 0 Å². The number of nitrogens with zero attached hydrogens (tertiary/aromatic N) is 1. The van der Waals surface area contributed by atoms with Crippen molar-refractivity contribution in [2.75, 3.05) is 24.8 Å². The predicted octanol–water partition coefficient (Wildman–Crippen LogP) is 2.17. The zero-order chi connectivity index (χ0) is 14.6. The van der Waals surface area contributed by atoms with Crippen molar-refractivity contribution >= 4 is 27.5 Å². The first-order chi connectivity index (χ1) is 8.80. The molecule has 0 saturated carbocycles. The standard InChI is InChI=1S/C12H19FN2O2S2/c1-9(6-7-18-3)15(2)19(16,17)12-8-10(13)4-5-11(12)14/h4-5,8-9H,6-7,14H2,1-3H3. The molecule has 4 nitrogen and oxygen atoms in total. The number of halogens is 1. The van der Waals surface area contributed by atoms with Crippen LogP contribution in [0.2, 0.25) is 0 Å². The Labute approximate surface area is 118 Å². The minimum atomic E-state index is -3.76. The second-order valence-electron chi connectivity index (χ2n) is 4.33. The molecule has 0 aromatic heterocycles. The van der Waals surface area contributed by atoms with Crippen molar-refractivity contribution in [3.8, 4) is 0 Å². The summed E-state index contributed by atoms with van der Waals surface area (Å²) >= 11 is 1.65. The molecule has 0 amide bonds. The van der Waals surface area contributed by atoms with E-state index in [4.69, 9.17) is 5.73 Å². The zero-order valence-electron chi connectivity index (χ0n) is 11.3. The summed E-state index contributed by atoms with van der Waals surface area (Å²) in [6.45, 7) is 1.82. The Morgan fingerprint density at radius 1 is 1.47 bits per heavy atom. The van der Waals surface area contributed by atoms with Gasteiger partial charge in [0.1, 0.15) is 10.7 Å². The van der Waals surface area contributed by atoms with Gasteiger partial charge in [-0.25, -0.2) is 12.8 Å². The molecule has 1 atom stereocenters. The topological polar surface area (TPSA) is 63.4 Å². The summed E-state index contributed by atoms with van der Waals surface area (Å²) < 4.78 is 39.2. The summed E-state index contributed by atoms with van der Waals surface area (Å²) in [6.07, 6.45) is 2.69. The van der Waals surface area contributed by atoms with Gasteiger partial charge in [-0.2, -0.15) is 16.1 Å². The maximum Gasteiger partial charge on any atom is 0.245 e. The Bertz CT molecular complexity index is 535. The molecule has 1 aromatic carbocycles. The van der Waals surface area contributed by atoms with Crippen LogP contribution in [-0.4, -0.2) is 37.8 Å². The van der Waals surface area contributed by atoms with Crippen LogP contribution in [0.5, 0.6) is 0 Å². The fraction of sp³-hybridized carbons (Fsp3) is 0.500. The van der Waals surface area contributed by atoms with Crippen LogP contribution in [-0.2, 0) is 10.0 Å². The first kappa shape index (κ1) is 16.3. The highest BCUT2D eigenvalue weighted by atomic mass is 32.2. The molecule has 0 bridgehead atoms. The molecule has 0 aliphatic carbocycles. The van der Waals surface area contributed by atoms with Gasteiger partial charge in [-0.3, -0.25) is 0 Å². The Balaban J connectivity index is 3.06. The minimum Gasteiger partial charge on any atom is -0.398 e. The summed E-state index contributed by atoms with van der Waals surface area (Å²) in [6, 6.07) is 3.21. The average Bonchev–Trinajstić information content (AvgIpc) is 2.37. The van der Waals surface area contributed by atoms with E-state index in [1.807, 2.05) is 13.2 Å². The smallest absolute Gasteiger partial charge is 0.245 e. The van der Waals surface area contributed by atoms with E-state index in [0.717, 1.165) is 24.3 Å². The molecule has 108 valence electrons. The summed E-state index contributed by atoms with van der Waals surface area (Å²) in [4.78, 5) is -0.175. The third-order valence-corrected chi connectivity index (χ3v) is 5.66. The lowest BCUT2D eigenvalue weighted by Crippen LogP contribution is -2.35. The van der Waals surface area contributed by atoms with Crippen molar-refractivity contribution in [1.29, 1.82) is 0 Å². The lowest BCUT2D eigenvalue weighted by atomic mass is 10.3. The second kappa shape index (κ2) is 6.58. The van der Waals surface area contributed by atoms with Crippen molar-refractivity contribution in [3.63, 3.8) is 0 Å². The summed E-state index contributed by atoms with van der Waals surface area (Å²) in [5.41, 5.74) is 5.70. The quantitative estimate of drug-likeness (QED) is 0.818. The van der Waals surface area contributed by atoms with Gasteiger partial charge in [0.2, 0.25) is 10.0 Å². The molecule has 0 radical (unpaired) electrons. The van der Waals surface area contributed by atoms with Gasteiger partial charge in [-0.1, -0.05) is 0 Å². The number of sulfonamides is 1. The van der Waals surface area contributed by atoms with E-state index in [2.05, 4.69) is 0 Å².